The second kappa shape index (κ2) is 10.5. The summed E-state index contributed by atoms with van der Waals surface area (Å²) in [6.07, 6.45) is -3.66. The maximum absolute atomic E-state index is 12.6. The van der Waals surface area contributed by atoms with E-state index in [0.29, 0.717) is 47.2 Å². The van der Waals surface area contributed by atoms with Crippen molar-refractivity contribution >= 4 is 52.9 Å². The van der Waals surface area contributed by atoms with Gasteiger partial charge in [-0.05, 0) is 17.7 Å². The van der Waals surface area contributed by atoms with Crippen molar-refractivity contribution in [2.75, 3.05) is 20.3 Å². The molecule has 0 unspecified atom stereocenters. The predicted octanol–water partition coefficient (Wildman–Crippen LogP) is 4.46. The normalized spacial score (nSPS) is 14.0. The van der Waals surface area contributed by atoms with E-state index >= 15 is 0 Å². The number of benzene rings is 1. The van der Waals surface area contributed by atoms with Gasteiger partial charge in [-0.2, -0.15) is 13.2 Å². The Labute approximate surface area is 191 Å². The maximum atomic E-state index is 12.6. The number of nitrogens with zero attached hydrogens (tertiary/aromatic N) is 2. The lowest BCUT2D eigenvalue weighted by Crippen LogP contribution is -2.36. The fourth-order valence-electron chi connectivity index (χ4n) is 2.47. The number of aliphatic imine (C=N–C) groups is 1. The van der Waals surface area contributed by atoms with Crippen LogP contribution in [0, 0.1) is 0 Å². The van der Waals surface area contributed by atoms with E-state index < -0.39 is 11.9 Å². The number of hydrogen-bond acceptors (Lipinski definition) is 5. The summed E-state index contributed by atoms with van der Waals surface area (Å²) in [6, 6.07) is 3.61. The summed E-state index contributed by atoms with van der Waals surface area (Å²) < 4.78 is 49.1. The molecule has 2 N–H and O–H groups in total. The largest absolute Gasteiger partial charge is 0.489 e. The van der Waals surface area contributed by atoms with E-state index in [2.05, 4.69) is 20.6 Å². The Morgan fingerprint density at radius 1 is 1.24 bits per heavy atom. The van der Waals surface area contributed by atoms with Crippen LogP contribution in [0.4, 0.5) is 13.2 Å². The molecule has 0 atom stereocenters. The molecular formula is C17H19ClF3IN4O2S. The average molecular weight is 563 g/mol. The lowest BCUT2D eigenvalue weighted by molar-refractivity contribution is -0.140. The molecule has 29 heavy (non-hydrogen) atoms. The van der Waals surface area contributed by atoms with Crippen molar-refractivity contribution in [1.29, 1.82) is 0 Å². The average Bonchev–Trinajstić information content (AvgIpc) is 3.00. The Bertz CT molecular complexity index is 864. The highest BCUT2D eigenvalue weighted by molar-refractivity contribution is 14.0. The molecule has 0 fully saturated rings. The van der Waals surface area contributed by atoms with Gasteiger partial charge in [0.25, 0.3) is 0 Å². The van der Waals surface area contributed by atoms with Crippen molar-refractivity contribution in [2.24, 2.45) is 4.99 Å². The molecule has 0 aliphatic carbocycles. The van der Waals surface area contributed by atoms with Crippen LogP contribution < -0.4 is 20.1 Å². The molecule has 6 nitrogen and oxygen atoms in total. The van der Waals surface area contributed by atoms with Gasteiger partial charge in [-0.3, -0.25) is 4.99 Å². The van der Waals surface area contributed by atoms with Gasteiger partial charge in [-0.15, -0.1) is 35.3 Å². The van der Waals surface area contributed by atoms with Crippen molar-refractivity contribution in [2.45, 2.75) is 25.7 Å². The van der Waals surface area contributed by atoms with Crippen molar-refractivity contribution in [3.05, 3.63) is 38.8 Å². The van der Waals surface area contributed by atoms with E-state index in [0.717, 1.165) is 28.7 Å². The molecule has 12 heteroatoms. The molecule has 160 valence electrons. The molecule has 2 aromatic rings. The molecule has 0 amide bonds. The third-order valence-corrected chi connectivity index (χ3v) is 4.92. The fraction of sp³-hybridized carbons (Fsp3) is 0.412. The Hall–Kier alpha value is -1.47. The molecule has 0 bridgehead atoms. The molecular weight excluding hydrogens is 544 g/mol. The molecule has 1 aliphatic rings. The van der Waals surface area contributed by atoms with E-state index in [1.807, 2.05) is 6.07 Å². The molecule has 0 radical (unpaired) electrons. The smallest absolute Gasteiger partial charge is 0.434 e. The lowest BCUT2D eigenvalue weighted by Gasteiger charge is -2.14. The molecule has 3 rings (SSSR count). The zero-order chi connectivity index (χ0) is 20.1. The highest BCUT2D eigenvalue weighted by Crippen LogP contribution is 2.38. The zero-order valence-corrected chi connectivity index (χ0v) is 19.2. The van der Waals surface area contributed by atoms with Crippen LogP contribution in [-0.2, 0) is 19.3 Å². The summed E-state index contributed by atoms with van der Waals surface area (Å²) >= 11 is 7.21. The van der Waals surface area contributed by atoms with Crippen LogP contribution in [0.15, 0.2) is 22.5 Å². The first-order valence-electron chi connectivity index (χ1n) is 8.41. The van der Waals surface area contributed by atoms with E-state index in [9.17, 15) is 13.2 Å². The molecule has 1 aromatic carbocycles. The van der Waals surface area contributed by atoms with Gasteiger partial charge >= 0.3 is 6.18 Å². The van der Waals surface area contributed by atoms with E-state index in [4.69, 9.17) is 21.1 Å². The van der Waals surface area contributed by atoms with Gasteiger partial charge in [0.2, 0.25) is 0 Å². The Balaban J connectivity index is 0.00000300. The lowest BCUT2D eigenvalue weighted by atomic mass is 10.2. The highest BCUT2D eigenvalue weighted by atomic mass is 127. The predicted molar refractivity (Wildman–Crippen MR) is 117 cm³/mol. The first kappa shape index (κ1) is 23.8. The molecule has 0 saturated carbocycles. The maximum Gasteiger partial charge on any atom is 0.434 e. The molecule has 1 aliphatic heterocycles. The molecule has 1 aromatic heterocycles. The van der Waals surface area contributed by atoms with Crippen molar-refractivity contribution in [1.82, 2.24) is 15.6 Å². The number of thiazole rings is 1. The van der Waals surface area contributed by atoms with E-state index in [1.54, 1.807) is 13.1 Å². The van der Waals surface area contributed by atoms with Gasteiger partial charge in [-0.25, -0.2) is 4.98 Å². The second-order valence-electron chi connectivity index (χ2n) is 5.86. The number of fused-ring (bicyclic) bond motifs is 1. The van der Waals surface area contributed by atoms with Crippen LogP contribution in [0.2, 0.25) is 5.02 Å². The van der Waals surface area contributed by atoms with Crippen LogP contribution in [0.3, 0.4) is 0 Å². The van der Waals surface area contributed by atoms with Crippen molar-refractivity contribution < 1.29 is 22.6 Å². The van der Waals surface area contributed by atoms with Crippen LogP contribution in [-0.4, -0.2) is 31.2 Å². The summed E-state index contributed by atoms with van der Waals surface area (Å²) in [5, 5.41) is 7.79. The first-order chi connectivity index (χ1) is 13.4. The Morgan fingerprint density at radius 2 is 1.97 bits per heavy atom. The summed E-state index contributed by atoms with van der Waals surface area (Å²) in [7, 11) is 1.57. The number of alkyl halides is 3. The molecule has 0 spiro atoms. The van der Waals surface area contributed by atoms with Crippen LogP contribution in [0.5, 0.6) is 11.5 Å². The van der Waals surface area contributed by atoms with E-state index in [1.165, 1.54) is 0 Å². The third kappa shape index (κ3) is 6.51. The zero-order valence-electron chi connectivity index (χ0n) is 15.3. The van der Waals surface area contributed by atoms with Gasteiger partial charge in [0.05, 0.1) is 24.8 Å². The quantitative estimate of drug-likeness (QED) is 0.327. The summed E-state index contributed by atoms with van der Waals surface area (Å²) in [4.78, 5) is 7.63. The molecule has 0 saturated heterocycles. The minimum atomic E-state index is -4.44. The SMILES string of the molecule is CN=C(NCc1cc(Cl)c2c(c1)OCCCO2)NCc1nc(C(F)(F)F)cs1.I. The number of hydrogen-bond donors (Lipinski definition) is 2. The number of nitrogens with one attached hydrogen (secondary N) is 2. The summed E-state index contributed by atoms with van der Waals surface area (Å²) in [6.45, 7) is 1.62. The third-order valence-electron chi connectivity index (χ3n) is 3.79. The van der Waals surface area contributed by atoms with Gasteiger partial charge in [0.15, 0.2) is 23.2 Å². The minimum absolute atomic E-state index is 0. The van der Waals surface area contributed by atoms with Gasteiger partial charge in [0.1, 0.15) is 5.01 Å². The van der Waals surface area contributed by atoms with Crippen LogP contribution >= 0.6 is 46.9 Å². The second-order valence-corrected chi connectivity index (χ2v) is 7.21. The Morgan fingerprint density at radius 3 is 2.66 bits per heavy atom. The Kier molecular flexibility index (Phi) is 8.64. The number of aromatic nitrogens is 1. The summed E-state index contributed by atoms with van der Waals surface area (Å²) in [5.74, 6) is 1.55. The minimum Gasteiger partial charge on any atom is -0.489 e. The van der Waals surface area contributed by atoms with Gasteiger partial charge in [0, 0.05) is 25.4 Å². The van der Waals surface area contributed by atoms with Gasteiger partial charge in [-0.1, -0.05) is 11.6 Å². The number of guanidine groups is 1. The highest BCUT2D eigenvalue weighted by Gasteiger charge is 2.33. The van der Waals surface area contributed by atoms with Gasteiger partial charge < -0.3 is 20.1 Å². The van der Waals surface area contributed by atoms with Crippen LogP contribution in [0.1, 0.15) is 22.7 Å². The first-order valence-corrected chi connectivity index (χ1v) is 9.66. The fourth-order valence-corrected chi connectivity index (χ4v) is 3.50. The topological polar surface area (TPSA) is 67.8 Å². The number of rotatable bonds is 4. The monoisotopic (exact) mass is 562 g/mol. The van der Waals surface area contributed by atoms with E-state index in [-0.39, 0.29) is 30.5 Å². The van der Waals surface area contributed by atoms with Crippen LogP contribution in [0.25, 0.3) is 0 Å². The number of ether oxygens (including phenoxy) is 2. The summed E-state index contributed by atoms with van der Waals surface area (Å²) in [5.41, 5.74) is -0.0371. The molecule has 2 heterocycles. The number of halogens is 5. The standard InChI is InChI=1S/C17H18ClF3N4O2S.HI/c1-22-16(24-8-14-25-13(9-28-14)17(19,20)21)23-7-10-5-11(18)15-12(6-10)26-3-2-4-27-15;/h5-6,9H,2-4,7-8H2,1H3,(H2,22,23,24);1H. The van der Waals surface area contributed by atoms with Crippen molar-refractivity contribution in [3.63, 3.8) is 0 Å². The van der Waals surface area contributed by atoms with Crippen molar-refractivity contribution in [3.8, 4) is 11.5 Å².